The van der Waals surface area contributed by atoms with Crippen LogP contribution in [0.2, 0.25) is 0 Å². The minimum Gasteiger partial charge on any atom is -0.494 e. The fraction of sp³-hybridized carbons (Fsp3) is 0.286. The van der Waals surface area contributed by atoms with Crippen molar-refractivity contribution >= 4 is 16.0 Å². The lowest BCUT2D eigenvalue weighted by Gasteiger charge is -2.20. The van der Waals surface area contributed by atoms with Gasteiger partial charge >= 0.3 is 0 Å². The summed E-state index contributed by atoms with van der Waals surface area (Å²) in [7, 11) is -2.76. The topological polar surface area (TPSA) is 158 Å². The summed E-state index contributed by atoms with van der Waals surface area (Å²) in [6.45, 7) is 4.78. The summed E-state index contributed by atoms with van der Waals surface area (Å²) in [5, 5.41) is 6.98. The summed E-state index contributed by atoms with van der Waals surface area (Å²) in [6.07, 6.45) is 3.32. The smallest absolute Gasteiger partial charge is 0.276 e. The maximum absolute atomic E-state index is 13.3. The van der Waals surface area contributed by atoms with Gasteiger partial charge in [-0.15, -0.1) is 10.2 Å². The first-order chi connectivity index (χ1) is 16.6. The largest absolute Gasteiger partial charge is 0.494 e. The van der Waals surface area contributed by atoms with Gasteiger partial charge in [-0.25, -0.2) is 27.3 Å². The Morgan fingerprint density at radius 2 is 1.89 bits per heavy atom. The van der Waals surface area contributed by atoms with E-state index >= 15 is 0 Å². The Kier molecular flexibility index (Phi) is 6.39. The van der Waals surface area contributed by atoms with E-state index in [-0.39, 0.29) is 34.8 Å². The number of pyridine rings is 1. The van der Waals surface area contributed by atoms with Gasteiger partial charge in [0.2, 0.25) is 21.8 Å². The second-order valence-electron chi connectivity index (χ2n) is 7.72. The number of rotatable bonds is 8. The van der Waals surface area contributed by atoms with E-state index in [4.69, 9.17) is 9.15 Å². The lowest BCUT2D eigenvalue weighted by molar-refractivity contribution is 0.411. The molecule has 0 radical (unpaired) electrons. The van der Waals surface area contributed by atoms with Gasteiger partial charge in [0.15, 0.2) is 17.3 Å². The summed E-state index contributed by atoms with van der Waals surface area (Å²) < 4.78 is 54.4. The third-order valence-corrected chi connectivity index (χ3v) is 7.29. The Bertz CT molecular complexity index is 1510. The minimum absolute atomic E-state index is 0.0516. The van der Waals surface area contributed by atoms with Crippen molar-refractivity contribution in [2.75, 3.05) is 11.8 Å². The average Bonchev–Trinajstić information content (AvgIpc) is 3.43. The SMILES string of the molecule is COc1cc[nH]c(=O)c1-n1c(NS(=O)(=O)[C@@H](C)[C@H](C)c2ncc(F)cn2)nnc1-c1ccc(C)o1. The van der Waals surface area contributed by atoms with Gasteiger partial charge in [-0.3, -0.25) is 9.52 Å². The molecule has 0 aliphatic rings. The number of nitrogens with one attached hydrogen (secondary N) is 2. The third-order valence-electron chi connectivity index (χ3n) is 5.44. The summed E-state index contributed by atoms with van der Waals surface area (Å²) in [5.74, 6) is -0.384. The van der Waals surface area contributed by atoms with Crippen LogP contribution in [0.5, 0.6) is 5.75 Å². The number of aromatic nitrogens is 6. The second-order valence-corrected chi connectivity index (χ2v) is 9.75. The van der Waals surface area contributed by atoms with Crippen molar-refractivity contribution in [1.29, 1.82) is 0 Å². The molecule has 0 unspecified atom stereocenters. The first-order valence-corrected chi connectivity index (χ1v) is 11.9. The maximum atomic E-state index is 13.3. The Morgan fingerprint density at radius 1 is 1.17 bits per heavy atom. The first-order valence-electron chi connectivity index (χ1n) is 10.4. The molecule has 0 spiro atoms. The number of hydrogen-bond donors (Lipinski definition) is 2. The van der Waals surface area contributed by atoms with Gasteiger partial charge in [0.25, 0.3) is 5.56 Å². The highest BCUT2D eigenvalue weighted by Crippen LogP contribution is 2.31. The van der Waals surface area contributed by atoms with Crippen molar-refractivity contribution in [2.45, 2.75) is 31.9 Å². The molecule has 2 N–H and O–H groups in total. The Labute approximate surface area is 199 Å². The number of furan rings is 1. The molecule has 14 heteroatoms. The standard InChI is InChI=1S/C21H22FN7O5S/c1-11-5-6-16(34-11)19-26-27-21(29(19)17-15(33-4)7-8-23-20(17)30)28-35(31,32)13(3)12(2)18-24-9-14(22)10-25-18/h5-10,12-13H,1-4H3,(H,23,30)(H,27,28)/t12-,13-/m0/s1. The predicted molar refractivity (Wildman–Crippen MR) is 123 cm³/mol. The van der Waals surface area contributed by atoms with E-state index in [2.05, 4.69) is 29.9 Å². The minimum atomic E-state index is -4.13. The van der Waals surface area contributed by atoms with Crippen LogP contribution in [0.25, 0.3) is 17.3 Å². The van der Waals surface area contributed by atoms with Crippen molar-refractivity contribution < 1.29 is 22.0 Å². The van der Waals surface area contributed by atoms with Crippen LogP contribution in [0.15, 0.2) is 46.0 Å². The molecular formula is C21H22FN7O5S. The highest BCUT2D eigenvalue weighted by Gasteiger charge is 2.32. The zero-order valence-electron chi connectivity index (χ0n) is 19.2. The van der Waals surface area contributed by atoms with Crippen molar-refractivity contribution in [3.63, 3.8) is 0 Å². The lowest BCUT2D eigenvalue weighted by Crippen LogP contribution is -2.32. The van der Waals surface area contributed by atoms with Crippen molar-refractivity contribution in [3.05, 3.63) is 64.5 Å². The number of anilines is 1. The van der Waals surface area contributed by atoms with Crippen LogP contribution in [-0.2, 0) is 10.0 Å². The molecule has 0 fully saturated rings. The summed E-state index contributed by atoms with van der Waals surface area (Å²) >= 11 is 0. The normalized spacial score (nSPS) is 13.4. The number of methoxy groups -OCH3 is 1. The van der Waals surface area contributed by atoms with Gasteiger partial charge in [-0.05, 0) is 32.0 Å². The number of sulfonamides is 1. The van der Waals surface area contributed by atoms with Crippen LogP contribution in [0.3, 0.4) is 0 Å². The van der Waals surface area contributed by atoms with Crippen molar-refractivity contribution in [2.24, 2.45) is 0 Å². The van der Waals surface area contributed by atoms with Crippen molar-refractivity contribution in [1.82, 2.24) is 29.7 Å². The van der Waals surface area contributed by atoms with Crippen LogP contribution < -0.4 is 15.0 Å². The van der Waals surface area contributed by atoms with Crippen molar-refractivity contribution in [3.8, 4) is 23.0 Å². The van der Waals surface area contributed by atoms with Gasteiger partial charge < -0.3 is 14.1 Å². The molecule has 4 aromatic rings. The highest BCUT2D eigenvalue weighted by atomic mass is 32.2. The van der Waals surface area contributed by atoms with E-state index in [0.717, 1.165) is 12.4 Å². The molecule has 0 amide bonds. The fourth-order valence-electron chi connectivity index (χ4n) is 3.36. The molecule has 2 atom stereocenters. The number of halogens is 1. The number of ether oxygens (including phenoxy) is 1. The fourth-order valence-corrected chi connectivity index (χ4v) is 4.59. The van der Waals surface area contributed by atoms with E-state index in [0.29, 0.717) is 5.76 Å². The van der Waals surface area contributed by atoms with Crippen LogP contribution in [0.4, 0.5) is 10.3 Å². The number of nitrogens with zero attached hydrogens (tertiary/aromatic N) is 5. The summed E-state index contributed by atoms with van der Waals surface area (Å²) in [4.78, 5) is 23.1. The Morgan fingerprint density at radius 3 is 2.51 bits per heavy atom. The van der Waals surface area contributed by atoms with Crippen LogP contribution in [0, 0.1) is 12.7 Å². The molecular weight excluding hydrogens is 481 g/mol. The Hall–Kier alpha value is -4.07. The molecule has 4 aromatic heterocycles. The molecule has 0 saturated heterocycles. The molecule has 0 saturated carbocycles. The first kappa shape index (κ1) is 24.1. The quantitative estimate of drug-likeness (QED) is 0.368. The average molecular weight is 504 g/mol. The number of hydrogen-bond acceptors (Lipinski definition) is 9. The number of aromatic amines is 1. The second kappa shape index (κ2) is 9.29. The molecule has 0 aliphatic carbocycles. The van der Waals surface area contributed by atoms with E-state index in [1.54, 1.807) is 26.0 Å². The van der Waals surface area contributed by atoms with E-state index < -0.39 is 32.6 Å². The van der Waals surface area contributed by atoms with E-state index in [1.807, 2.05) is 0 Å². The zero-order valence-corrected chi connectivity index (χ0v) is 20.0. The molecule has 4 heterocycles. The number of aryl methyl sites for hydroxylation is 1. The van der Waals surface area contributed by atoms with Gasteiger partial charge in [0.1, 0.15) is 17.3 Å². The maximum Gasteiger partial charge on any atom is 0.276 e. The van der Waals surface area contributed by atoms with Gasteiger partial charge in [0.05, 0.1) is 24.8 Å². The predicted octanol–water partition coefficient (Wildman–Crippen LogP) is 2.40. The molecule has 12 nitrogen and oxygen atoms in total. The highest BCUT2D eigenvalue weighted by molar-refractivity contribution is 7.93. The van der Waals surface area contributed by atoms with Gasteiger partial charge in [0, 0.05) is 12.1 Å². The monoisotopic (exact) mass is 503 g/mol. The number of H-pyrrole nitrogens is 1. The lowest BCUT2D eigenvalue weighted by atomic mass is 10.1. The molecule has 35 heavy (non-hydrogen) atoms. The zero-order chi connectivity index (χ0) is 25.3. The molecule has 184 valence electrons. The Balaban J connectivity index is 1.80. The van der Waals surface area contributed by atoms with E-state index in [9.17, 15) is 17.6 Å². The van der Waals surface area contributed by atoms with E-state index in [1.165, 1.54) is 30.9 Å². The molecule has 0 aromatic carbocycles. The summed E-state index contributed by atoms with van der Waals surface area (Å²) in [5.41, 5.74) is -0.625. The molecule has 4 rings (SSSR count). The van der Waals surface area contributed by atoms with Crippen LogP contribution >= 0.6 is 0 Å². The van der Waals surface area contributed by atoms with Gasteiger partial charge in [-0.1, -0.05) is 6.92 Å². The third kappa shape index (κ3) is 4.64. The van der Waals surface area contributed by atoms with Crippen LogP contribution in [-0.4, -0.2) is 50.5 Å². The molecule has 0 aliphatic heterocycles. The molecule has 0 bridgehead atoms. The van der Waals surface area contributed by atoms with Crippen LogP contribution in [0.1, 0.15) is 31.4 Å². The van der Waals surface area contributed by atoms with Gasteiger partial charge in [-0.2, -0.15) is 0 Å². The summed E-state index contributed by atoms with van der Waals surface area (Å²) in [6, 6.07) is 4.81.